The Morgan fingerprint density at radius 3 is 2.74 bits per heavy atom. The van der Waals surface area contributed by atoms with Crippen LogP contribution in [0.1, 0.15) is 23.9 Å². The number of aryl methyl sites for hydroxylation is 1. The Kier molecular flexibility index (Phi) is 4.24. The molecule has 0 aliphatic carbocycles. The van der Waals surface area contributed by atoms with Crippen molar-refractivity contribution in [2.45, 2.75) is 13.3 Å². The van der Waals surface area contributed by atoms with Crippen molar-refractivity contribution in [2.75, 3.05) is 0 Å². The number of nitrogens with zero attached hydrogens (tertiary/aromatic N) is 1. The average Bonchev–Trinajstić information content (AvgIpc) is 2.94. The van der Waals surface area contributed by atoms with Gasteiger partial charge in [-0.25, -0.2) is 4.98 Å². The van der Waals surface area contributed by atoms with Crippen LogP contribution in [0.2, 0.25) is 0 Å². The highest BCUT2D eigenvalue weighted by atomic mass is 19.1. The van der Waals surface area contributed by atoms with Crippen LogP contribution < -0.4 is 0 Å². The molecule has 0 spiro atoms. The molecule has 116 valence electrons. The summed E-state index contributed by atoms with van der Waals surface area (Å²) < 4.78 is 19.3. The van der Waals surface area contributed by atoms with E-state index in [0.29, 0.717) is 23.3 Å². The highest BCUT2D eigenvalue weighted by molar-refractivity contribution is 5.81. The van der Waals surface area contributed by atoms with Crippen LogP contribution in [0.3, 0.4) is 0 Å². The van der Waals surface area contributed by atoms with Gasteiger partial charge in [-0.3, -0.25) is 0 Å². The quantitative estimate of drug-likeness (QED) is 0.547. The monoisotopic (exact) mass is 309 g/mol. The first-order chi connectivity index (χ1) is 11.2. The third-order valence-electron chi connectivity index (χ3n) is 3.46. The predicted octanol–water partition coefficient (Wildman–Crippen LogP) is 4.96. The molecule has 0 atom stereocenters. The molecule has 1 N–H and O–H groups in total. The van der Waals surface area contributed by atoms with Crippen LogP contribution in [0.5, 0.6) is 5.75 Å². The third-order valence-corrected chi connectivity index (χ3v) is 3.46. The van der Waals surface area contributed by atoms with Crippen LogP contribution >= 0.6 is 0 Å². The molecule has 1 aromatic carbocycles. The van der Waals surface area contributed by atoms with Gasteiger partial charge in [0.25, 0.3) is 0 Å². The number of allylic oxidation sites excluding steroid dienone is 2. The third kappa shape index (κ3) is 3.48. The largest absolute Gasteiger partial charge is 0.508 e. The number of benzene rings is 1. The number of phenolic OH excluding ortho intramolecular Hbond substituents is 1. The molecule has 0 amide bonds. The van der Waals surface area contributed by atoms with Gasteiger partial charge in [-0.05, 0) is 48.9 Å². The highest BCUT2D eigenvalue weighted by Gasteiger charge is 2.02. The number of phenols is 1. The summed E-state index contributed by atoms with van der Waals surface area (Å²) in [5.74, 6) is 0.399. The topological polar surface area (TPSA) is 46.3 Å². The molecular weight excluding hydrogens is 293 g/mol. The van der Waals surface area contributed by atoms with Crippen LogP contribution in [-0.4, -0.2) is 10.1 Å². The lowest BCUT2D eigenvalue weighted by molar-refractivity contribution is 0.476. The minimum atomic E-state index is -0.465. The molecule has 0 bridgehead atoms. The van der Waals surface area contributed by atoms with E-state index < -0.39 is 5.95 Å². The minimum Gasteiger partial charge on any atom is -0.508 e. The number of halogens is 1. The molecular formula is C19H16FNO2. The summed E-state index contributed by atoms with van der Waals surface area (Å²) in [6.45, 7) is 1.94. The SMILES string of the molecule is CCc1ccc(/C=C/C=C/c2cc3cc(O)ccc3o2)c(F)n1. The summed E-state index contributed by atoms with van der Waals surface area (Å²) in [5, 5.41) is 10.3. The molecule has 3 rings (SSSR count). The Balaban J connectivity index is 1.74. The molecule has 2 heterocycles. The van der Waals surface area contributed by atoms with Crippen molar-refractivity contribution in [3.63, 3.8) is 0 Å². The Labute approximate surface area is 133 Å². The second-order valence-electron chi connectivity index (χ2n) is 5.13. The number of hydrogen-bond acceptors (Lipinski definition) is 3. The number of aromatic hydroxyl groups is 1. The van der Waals surface area contributed by atoms with E-state index >= 15 is 0 Å². The van der Waals surface area contributed by atoms with Gasteiger partial charge in [0.1, 0.15) is 17.1 Å². The van der Waals surface area contributed by atoms with Crippen LogP contribution in [0.4, 0.5) is 4.39 Å². The van der Waals surface area contributed by atoms with E-state index in [9.17, 15) is 9.50 Å². The normalized spacial score (nSPS) is 11.9. The van der Waals surface area contributed by atoms with Gasteiger partial charge in [-0.2, -0.15) is 4.39 Å². The van der Waals surface area contributed by atoms with Gasteiger partial charge in [0.15, 0.2) is 0 Å². The van der Waals surface area contributed by atoms with Crippen molar-refractivity contribution in [3.05, 3.63) is 71.5 Å². The maximum atomic E-state index is 13.7. The summed E-state index contributed by atoms with van der Waals surface area (Å²) in [6.07, 6.45) is 7.65. The Morgan fingerprint density at radius 1 is 1.13 bits per heavy atom. The van der Waals surface area contributed by atoms with Crippen LogP contribution in [0, 0.1) is 5.95 Å². The van der Waals surface area contributed by atoms with E-state index in [-0.39, 0.29) is 5.75 Å². The summed E-state index contributed by atoms with van der Waals surface area (Å²) in [7, 11) is 0. The molecule has 3 aromatic rings. The maximum Gasteiger partial charge on any atom is 0.220 e. The summed E-state index contributed by atoms with van der Waals surface area (Å²) >= 11 is 0. The first kappa shape index (κ1) is 15.0. The Hall–Kier alpha value is -2.88. The average molecular weight is 309 g/mol. The zero-order chi connectivity index (χ0) is 16.2. The van der Waals surface area contributed by atoms with Crippen LogP contribution in [0.25, 0.3) is 23.1 Å². The molecule has 0 aliphatic rings. The van der Waals surface area contributed by atoms with Crippen molar-refractivity contribution < 1.29 is 13.9 Å². The standard InChI is InChI=1S/C19H16FNO2/c1-2-15-8-7-13(19(20)21-15)5-3-4-6-17-12-14-11-16(22)9-10-18(14)23-17/h3-12,22H,2H2,1H3/b5-3+,6-4+. The minimum absolute atomic E-state index is 0.201. The molecule has 23 heavy (non-hydrogen) atoms. The van der Waals surface area contributed by atoms with Gasteiger partial charge < -0.3 is 9.52 Å². The lowest BCUT2D eigenvalue weighted by atomic mass is 10.2. The van der Waals surface area contributed by atoms with E-state index in [4.69, 9.17) is 4.42 Å². The number of fused-ring (bicyclic) bond motifs is 1. The number of pyridine rings is 1. The lowest BCUT2D eigenvalue weighted by Gasteiger charge is -1.98. The first-order valence-electron chi connectivity index (χ1n) is 7.38. The van der Waals surface area contributed by atoms with Crippen molar-refractivity contribution in [2.24, 2.45) is 0 Å². The molecule has 0 saturated carbocycles. The molecule has 4 heteroatoms. The fourth-order valence-electron chi connectivity index (χ4n) is 2.25. The predicted molar refractivity (Wildman–Crippen MR) is 89.5 cm³/mol. The molecule has 0 unspecified atom stereocenters. The van der Waals surface area contributed by atoms with Gasteiger partial charge in [-0.1, -0.05) is 25.2 Å². The molecule has 0 radical (unpaired) electrons. The van der Waals surface area contributed by atoms with E-state index in [1.807, 2.05) is 19.1 Å². The van der Waals surface area contributed by atoms with Gasteiger partial charge in [0.05, 0.1) is 0 Å². The fraction of sp³-hybridized carbons (Fsp3) is 0.105. The van der Waals surface area contributed by atoms with E-state index in [0.717, 1.165) is 11.1 Å². The van der Waals surface area contributed by atoms with Gasteiger partial charge >= 0.3 is 0 Å². The van der Waals surface area contributed by atoms with E-state index in [1.165, 1.54) is 0 Å². The lowest BCUT2D eigenvalue weighted by Crippen LogP contribution is -1.93. The molecule has 0 aliphatic heterocycles. The first-order valence-corrected chi connectivity index (χ1v) is 7.38. The second kappa shape index (κ2) is 6.48. The van der Waals surface area contributed by atoms with Crippen LogP contribution in [-0.2, 0) is 6.42 Å². The zero-order valence-electron chi connectivity index (χ0n) is 12.7. The van der Waals surface area contributed by atoms with E-state index in [1.54, 1.807) is 48.6 Å². The van der Waals surface area contributed by atoms with Gasteiger partial charge in [-0.15, -0.1) is 0 Å². The second-order valence-corrected chi connectivity index (χ2v) is 5.13. The highest BCUT2D eigenvalue weighted by Crippen LogP contribution is 2.24. The van der Waals surface area contributed by atoms with Crippen molar-refractivity contribution >= 4 is 23.1 Å². The maximum absolute atomic E-state index is 13.7. The number of hydrogen-bond donors (Lipinski definition) is 1. The number of rotatable bonds is 4. The molecule has 0 fully saturated rings. The summed E-state index contributed by atoms with van der Waals surface area (Å²) in [5.41, 5.74) is 1.89. The van der Waals surface area contributed by atoms with Crippen LogP contribution in [0.15, 0.2) is 53.0 Å². The molecule has 2 aromatic heterocycles. The zero-order valence-corrected chi connectivity index (χ0v) is 12.7. The Morgan fingerprint density at radius 2 is 1.96 bits per heavy atom. The number of aromatic nitrogens is 1. The van der Waals surface area contributed by atoms with Crippen molar-refractivity contribution in [1.82, 2.24) is 4.98 Å². The molecule has 0 saturated heterocycles. The number of furan rings is 1. The summed E-state index contributed by atoms with van der Waals surface area (Å²) in [6, 6.07) is 10.3. The smallest absolute Gasteiger partial charge is 0.220 e. The van der Waals surface area contributed by atoms with Gasteiger partial charge in [0, 0.05) is 16.6 Å². The van der Waals surface area contributed by atoms with Crippen molar-refractivity contribution in [1.29, 1.82) is 0 Å². The van der Waals surface area contributed by atoms with Gasteiger partial charge in [0.2, 0.25) is 5.95 Å². The Bertz CT molecular complexity index is 894. The van der Waals surface area contributed by atoms with E-state index in [2.05, 4.69) is 4.98 Å². The molecule has 3 nitrogen and oxygen atoms in total. The fourth-order valence-corrected chi connectivity index (χ4v) is 2.25. The van der Waals surface area contributed by atoms with Crippen molar-refractivity contribution in [3.8, 4) is 5.75 Å². The summed E-state index contributed by atoms with van der Waals surface area (Å²) in [4.78, 5) is 3.88.